The first-order valence-corrected chi connectivity index (χ1v) is 4.11. The number of hydrogen-bond donors (Lipinski definition) is 1. The fraction of sp³-hybridized carbons (Fsp3) is 0.250. The van der Waals surface area contributed by atoms with E-state index in [4.69, 9.17) is 33.0 Å². The van der Waals surface area contributed by atoms with Crippen molar-refractivity contribution in [2.24, 2.45) is 0 Å². The fourth-order valence-corrected chi connectivity index (χ4v) is 0.796. The number of aliphatic hydroxyl groups is 1. The van der Waals surface area contributed by atoms with Gasteiger partial charge in [-0.3, -0.25) is 0 Å². The normalized spacial score (nSPS) is 11.2. The molecule has 0 unspecified atom stereocenters. The third kappa shape index (κ3) is 3.81. The topological polar surface area (TPSA) is 29.5 Å². The molecular formula is C8H8Cl2O2. The highest BCUT2D eigenvalue weighted by atomic mass is 35.5. The summed E-state index contributed by atoms with van der Waals surface area (Å²) in [5.41, 5.74) is 0. The molecule has 0 heterocycles. The second-order valence-electron chi connectivity index (χ2n) is 2.27. The van der Waals surface area contributed by atoms with Crippen molar-refractivity contribution in [3.8, 4) is 5.75 Å². The second kappa shape index (κ2) is 3.99. The molecule has 0 aliphatic heterocycles. The Balaban J connectivity index is 2.44. The number of alkyl halides is 2. The predicted octanol–water partition coefficient (Wildman–Crippen LogP) is 2.19. The molecule has 0 saturated heterocycles. The zero-order valence-corrected chi connectivity index (χ0v) is 7.72. The number of rotatable bonds is 3. The van der Waals surface area contributed by atoms with E-state index in [0.29, 0.717) is 5.75 Å². The smallest absolute Gasteiger partial charge is 0.249 e. The van der Waals surface area contributed by atoms with Crippen molar-refractivity contribution in [3.63, 3.8) is 0 Å². The van der Waals surface area contributed by atoms with Gasteiger partial charge in [-0.1, -0.05) is 41.4 Å². The summed E-state index contributed by atoms with van der Waals surface area (Å²) in [6.07, 6.45) is 0. The maximum Gasteiger partial charge on any atom is 0.249 e. The summed E-state index contributed by atoms with van der Waals surface area (Å²) in [5, 5.41) is 8.88. The van der Waals surface area contributed by atoms with Crippen LogP contribution in [0.2, 0.25) is 0 Å². The summed E-state index contributed by atoms with van der Waals surface area (Å²) in [6, 6.07) is 8.99. The molecule has 0 bridgehead atoms. The Hall–Kier alpha value is -0.440. The van der Waals surface area contributed by atoms with Crippen LogP contribution in [-0.4, -0.2) is 16.2 Å². The van der Waals surface area contributed by atoms with Crippen LogP contribution in [0.3, 0.4) is 0 Å². The Kier molecular flexibility index (Phi) is 3.20. The maximum atomic E-state index is 8.88. The van der Waals surface area contributed by atoms with E-state index >= 15 is 0 Å². The van der Waals surface area contributed by atoms with Gasteiger partial charge in [0.05, 0.1) is 0 Å². The molecule has 4 heteroatoms. The minimum atomic E-state index is -1.82. The lowest BCUT2D eigenvalue weighted by Gasteiger charge is -2.12. The molecule has 66 valence electrons. The molecule has 0 aliphatic carbocycles. The van der Waals surface area contributed by atoms with Gasteiger partial charge >= 0.3 is 0 Å². The standard InChI is InChI=1S/C8H8Cl2O2/c9-8(10,11)6-12-7-4-2-1-3-5-7/h1-5,11H,6H2. The van der Waals surface area contributed by atoms with Crippen molar-refractivity contribution in [1.82, 2.24) is 0 Å². The molecule has 0 saturated carbocycles. The van der Waals surface area contributed by atoms with Crippen LogP contribution in [0, 0.1) is 0 Å². The number of ether oxygens (including phenoxy) is 1. The van der Waals surface area contributed by atoms with Gasteiger partial charge in [0.1, 0.15) is 12.4 Å². The summed E-state index contributed by atoms with van der Waals surface area (Å²) < 4.78 is 3.23. The molecule has 0 amide bonds. The van der Waals surface area contributed by atoms with E-state index in [1.54, 1.807) is 12.1 Å². The van der Waals surface area contributed by atoms with Crippen LogP contribution in [-0.2, 0) is 0 Å². The molecule has 0 aliphatic rings. The zero-order valence-electron chi connectivity index (χ0n) is 6.21. The van der Waals surface area contributed by atoms with Crippen LogP contribution in [0.25, 0.3) is 0 Å². The highest BCUT2D eigenvalue weighted by molar-refractivity contribution is 6.47. The van der Waals surface area contributed by atoms with Gasteiger partial charge in [-0.05, 0) is 12.1 Å². The van der Waals surface area contributed by atoms with Crippen molar-refractivity contribution in [2.75, 3.05) is 6.61 Å². The number of halogens is 2. The van der Waals surface area contributed by atoms with Crippen molar-refractivity contribution in [3.05, 3.63) is 30.3 Å². The van der Waals surface area contributed by atoms with Gasteiger partial charge in [0.25, 0.3) is 0 Å². The third-order valence-electron chi connectivity index (χ3n) is 1.16. The van der Waals surface area contributed by atoms with Crippen LogP contribution in [0.1, 0.15) is 0 Å². The lowest BCUT2D eigenvalue weighted by atomic mass is 10.3. The quantitative estimate of drug-likeness (QED) is 0.769. The average Bonchev–Trinajstić information content (AvgIpc) is 2.02. The van der Waals surface area contributed by atoms with Gasteiger partial charge in [-0.15, -0.1) is 0 Å². The fourth-order valence-electron chi connectivity index (χ4n) is 0.687. The summed E-state index contributed by atoms with van der Waals surface area (Å²) >= 11 is 10.6. The number of para-hydroxylation sites is 1. The van der Waals surface area contributed by atoms with E-state index in [0.717, 1.165) is 0 Å². The molecule has 1 aromatic rings. The Bertz CT molecular complexity index is 231. The molecular weight excluding hydrogens is 199 g/mol. The van der Waals surface area contributed by atoms with Gasteiger partial charge < -0.3 is 9.84 Å². The molecule has 12 heavy (non-hydrogen) atoms. The lowest BCUT2D eigenvalue weighted by molar-refractivity contribution is 0.137. The zero-order chi connectivity index (χ0) is 9.03. The highest BCUT2D eigenvalue weighted by Gasteiger charge is 2.19. The summed E-state index contributed by atoms with van der Waals surface area (Å²) in [7, 11) is 0. The molecule has 1 aromatic carbocycles. The van der Waals surface area contributed by atoms with E-state index < -0.39 is 4.52 Å². The second-order valence-corrected chi connectivity index (χ2v) is 3.71. The van der Waals surface area contributed by atoms with Crippen LogP contribution in [0.5, 0.6) is 5.75 Å². The molecule has 2 nitrogen and oxygen atoms in total. The van der Waals surface area contributed by atoms with Crippen LogP contribution >= 0.6 is 23.2 Å². The number of hydrogen-bond acceptors (Lipinski definition) is 2. The first-order valence-electron chi connectivity index (χ1n) is 3.36. The van der Waals surface area contributed by atoms with Crippen LogP contribution < -0.4 is 4.74 Å². The minimum absolute atomic E-state index is 0.153. The lowest BCUT2D eigenvalue weighted by Crippen LogP contribution is -2.21. The minimum Gasteiger partial charge on any atom is -0.488 e. The van der Waals surface area contributed by atoms with Gasteiger partial charge in [-0.25, -0.2) is 0 Å². The molecule has 0 fully saturated rings. The molecule has 1 rings (SSSR count). The van der Waals surface area contributed by atoms with Crippen LogP contribution in [0.4, 0.5) is 0 Å². The van der Waals surface area contributed by atoms with E-state index in [-0.39, 0.29) is 6.61 Å². The Morgan fingerprint density at radius 3 is 2.33 bits per heavy atom. The van der Waals surface area contributed by atoms with E-state index in [2.05, 4.69) is 0 Å². The van der Waals surface area contributed by atoms with E-state index in [1.807, 2.05) is 18.2 Å². The van der Waals surface area contributed by atoms with Gasteiger partial charge in [0, 0.05) is 0 Å². The summed E-state index contributed by atoms with van der Waals surface area (Å²) in [6.45, 7) is -0.153. The van der Waals surface area contributed by atoms with Crippen molar-refractivity contribution in [1.29, 1.82) is 0 Å². The molecule has 0 aromatic heterocycles. The molecule has 0 spiro atoms. The molecule has 1 N–H and O–H groups in total. The van der Waals surface area contributed by atoms with Gasteiger partial charge in [-0.2, -0.15) is 0 Å². The van der Waals surface area contributed by atoms with E-state index in [9.17, 15) is 0 Å². The monoisotopic (exact) mass is 206 g/mol. The van der Waals surface area contributed by atoms with Crippen molar-refractivity contribution >= 4 is 23.2 Å². The third-order valence-corrected chi connectivity index (χ3v) is 1.37. The summed E-state index contributed by atoms with van der Waals surface area (Å²) in [5.74, 6) is 0.622. The van der Waals surface area contributed by atoms with Gasteiger partial charge in [0.2, 0.25) is 4.52 Å². The van der Waals surface area contributed by atoms with Crippen molar-refractivity contribution < 1.29 is 9.84 Å². The SMILES string of the molecule is OC(Cl)(Cl)COc1ccccc1. The average molecular weight is 207 g/mol. The first kappa shape index (κ1) is 9.65. The van der Waals surface area contributed by atoms with E-state index in [1.165, 1.54) is 0 Å². The molecule has 0 radical (unpaired) electrons. The Labute approximate surface area is 80.7 Å². The number of benzene rings is 1. The largest absolute Gasteiger partial charge is 0.488 e. The Morgan fingerprint density at radius 1 is 1.25 bits per heavy atom. The predicted molar refractivity (Wildman–Crippen MR) is 48.6 cm³/mol. The highest BCUT2D eigenvalue weighted by Crippen LogP contribution is 2.18. The first-order chi connectivity index (χ1) is 5.58. The van der Waals surface area contributed by atoms with Crippen molar-refractivity contribution in [2.45, 2.75) is 4.52 Å². The van der Waals surface area contributed by atoms with Crippen LogP contribution in [0.15, 0.2) is 30.3 Å². The Morgan fingerprint density at radius 2 is 1.83 bits per heavy atom. The maximum absolute atomic E-state index is 8.88. The van der Waals surface area contributed by atoms with Gasteiger partial charge in [0.15, 0.2) is 0 Å². The summed E-state index contributed by atoms with van der Waals surface area (Å²) in [4.78, 5) is 0. The molecule has 0 atom stereocenters.